The molecule has 0 heterocycles. The Kier molecular flexibility index (Phi) is 4.52. The minimum atomic E-state index is 0.0773. The molecule has 0 aliphatic rings. The van der Waals surface area contributed by atoms with Crippen molar-refractivity contribution in [2.24, 2.45) is 0 Å². The molecular weight excluding hydrogens is 218 g/mol. The average molecular weight is 237 g/mol. The smallest absolute Gasteiger partial charge is 0.177 e. The second kappa shape index (κ2) is 5.68. The fourth-order valence-corrected chi connectivity index (χ4v) is 1.65. The number of hydrogen-bond donors (Lipinski definition) is 0. The number of carbonyl (C=O) groups excluding carboxylic acids is 1. The Hall–Kier alpha value is -1.55. The van der Waals surface area contributed by atoms with E-state index in [1.807, 2.05) is 32.0 Å². The third-order valence-electron chi connectivity index (χ3n) is 2.49. The summed E-state index contributed by atoms with van der Waals surface area (Å²) in [5.74, 6) is 1.31. The SMILES string of the molecule is COc1cc(C)c(C(=O)CN(C)C)cc1OC. The Bertz CT molecular complexity index is 413. The Morgan fingerprint density at radius 3 is 2.18 bits per heavy atom. The summed E-state index contributed by atoms with van der Waals surface area (Å²) < 4.78 is 10.4. The van der Waals surface area contributed by atoms with Gasteiger partial charge in [0.25, 0.3) is 0 Å². The number of benzene rings is 1. The van der Waals surface area contributed by atoms with E-state index in [-0.39, 0.29) is 5.78 Å². The van der Waals surface area contributed by atoms with Crippen LogP contribution in [0.1, 0.15) is 15.9 Å². The first kappa shape index (κ1) is 13.5. The zero-order valence-electron chi connectivity index (χ0n) is 11.0. The predicted octanol–water partition coefficient (Wildman–Crippen LogP) is 1.76. The molecule has 0 radical (unpaired) electrons. The minimum Gasteiger partial charge on any atom is -0.493 e. The number of ether oxygens (including phenoxy) is 2. The van der Waals surface area contributed by atoms with Crippen molar-refractivity contribution in [2.75, 3.05) is 34.9 Å². The zero-order chi connectivity index (χ0) is 13.0. The molecule has 1 rings (SSSR count). The quantitative estimate of drug-likeness (QED) is 0.731. The third-order valence-corrected chi connectivity index (χ3v) is 2.49. The van der Waals surface area contributed by atoms with Crippen LogP contribution in [0.4, 0.5) is 0 Å². The molecule has 0 spiro atoms. The molecule has 4 heteroatoms. The molecule has 0 saturated heterocycles. The molecule has 0 aliphatic heterocycles. The highest BCUT2D eigenvalue weighted by Gasteiger charge is 2.14. The van der Waals surface area contributed by atoms with Crippen molar-refractivity contribution in [3.8, 4) is 11.5 Å². The van der Waals surface area contributed by atoms with E-state index in [4.69, 9.17) is 9.47 Å². The van der Waals surface area contributed by atoms with E-state index in [0.29, 0.717) is 23.6 Å². The van der Waals surface area contributed by atoms with Gasteiger partial charge in [-0.1, -0.05) is 0 Å². The summed E-state index contributed by atoms with van der Waals surface area (Å²) in [6, 6.07) is 3.56. The highest BCUT2D eigenvalue weighted by molar-refractivity contribution is 5.99. The van der Waals surface area contributed by atoms with Crippen LogP contribution < -0.4 is 9.47 Å². The van der Waals surface area contributed by atoms with Crippen LogP contribution in [-0.4, -0.2) is 45.5 Å². The standard InChI is InChI=1S/C13H19NO3/c1-9-6-12(16-4)13(17-5)7-10(9)11(15)8-14(2)3/h6-7H,8H2,1-5H3. The fraction of sp³-hybridized carbons (Fsp3) is 0.462. The van der Waals surface area contributed by atoms with Gasteiger partial charge in [0.15, 0.2) is 17.3 Å². The van der Waals surface area contributed by atoms with Gasteiger partial charge >= 0.3 is 0 Å². The number of carbonyl (C=O) groups is 1. The molecule has 0 amide bonds. The molecule has 0 saturated carbocycles. The molecule has 4 nitrogen and oxygen atoms in total. The molecule has 1 aromatic carbocycles. The second-order valence-corrected chi connectivity index (χ2v) is 4.18. The lowest BCUT2D eigenvalue weighted by molar-refractivity contribution is 0.0957. The Morgan fingerprint density at radius 2 is 1.71 bits per heavy atom. The first-order chi connectivity index (χ1) is 7.99. The number of aryl methyl sites for hydroxylation is 1. The van der Waals surface area contributed by atoms with Crippen LogP contribution >= 0.6 is 0 Å². The summed E-state index contributed by atoms with van der Waals surface area (Å²) in [6.07, 6.45) is 0. The average Bonchev–Trinajstić information content (AvgIpc) is 2.27. The number of methoxy groups -OCH3 is 2. The van der Waals surface area contributed by atoms with Gasteiger partial charge in [-0.05, 0) is 38.7 Å². The predicted molar refractivity (Wildman–Crippen MR) is 67.2 cm³/mol. The molecule has 1 aromatic rings. The molecule has 0 fully saturated rings. The lowest BCUT2D eigenvalue weighted by Gasteiger charge is -2.14. The van der Waals surface area contributed by atoms with Crippen LogP contribution in [0.3, 0.4) is 0 Å². The topological polar surface area (TPSA) is 38.8 Å². The van der Waals surface area contributed by atoms with Gasteiger partial charge in [-0.2, -0.15) is 0 Å². The van der Waals surface area contributed by atoms with E-state index >= 15 is 0 Å². The molecule has 0 bridgehead atoms. The molecular formula is C13H19NO3. The largest absolute Gasteiger partial charge is 0.493 e. The summed E-state index contributed by atoms with van der Waals surface area (Å²) in [5, 5.41) is 0. The number of nitrogens with zero attached hydrogens (tertiary/aromatic N) is 1. The number of Topliss-reactive ketones (excluding diaryl/α,β-unsaturated/α-hetero) is 1. The van der Waals surface area contributed by atoms with Gasteiger partial charge in [0.2, 0.25) is 0 Å². The fourth-order valence-electron chi connectivity index (χ4n) is 1.65. The molecule has 17 heavy (non-hydrogen) atoms. The number of likely N-dealkylation sites (N-methyl/N-ethyl adjacent to an activating group) is 1. The van der Waals surface area contributed by atoms with Crippen LogP contribution in [0.15, 0.2) is 12.1 Å². The van der Waals surface area contributed by atoms with Gasteiger partial charge < -0.3 is 14.4 Å². The maximum absolute atomic E-state index is 12.0. The minimum absolute atomic E-state index is 0.0773. The molecule has 0 N–H and O–H groups in total. The van der Waals surface area contributed by atoms with Gasteiger partial charge in [0, 0.05) is 5.56 Å². The van der Waals surface area contributed by atoms with Crippen LogP contribution in [0.5, 0.6) is 11.5 Å². The highest BCUT2D eigenvalue weighted by Crippen LogP contribution is 2.30. The summed E-state index contributed by atoms with van der Waals surface area (Å²) >= 11 is 0. The van der Waals surface area contributed by atoms with Gasteiger partial charge in [-0.3, -0.25) is 4.79 Å². The normalized spacial score (nSPS) is 10.5. The van der Waals surface area contributed by atoms with Crippen molar-refractivity contribution in [3.05, 3.63) is 23.3 Å². The third kappa shape index (κ3) is 3.20. The Morgan fingerprint density at radius 1 is 1.18 bits per heavy atom. The van der Waals surface area contributed by atoms with E-state index < -0.39 is 0 Å². The Balaban J connectivity index is 3.12. The van der Waals surface area contributed by atoms with Crippen molar-refractivity contribution in [3.63, 3.8) is 0 Å². The summed E-state index contributed by atoms with van der Waals surface area (Å²) in [6.45, 7) is 2.28. The monoisotopic (exact) mass is 237 g/mol. The first-order valence-corrected chi connectivity index (χ1v) is 5.40. The number of ketones is 1. The van der Waals surface area contributed by atoms with Crippen molar-refractivity contribution < 1.29 is 14.3 Å². The maximum atomic E-state index is 12.0. The lowest BCUT2D eigenvalue weighted by Crippen LogP contribution is -2.22. The lowest BCUT2D eigenvalue weighted by atomic mass is 10.0. The molecule has 0 aromatic heterocycles. The van der Waals surface area contributed by atoms with Gasteiger partial charge in [-0.25, -0.2) is 0 Å². The number of hydrogen-bond acceptors (Lipinski definition) is 4. The summed E-state index contributed by atoms with van der Waals surface area (Å²) in [4.78, 5) is 13.9. The van der Waals surface area contributed by atoms with Crippen LogP contribution in [0.25, 0.3) is 0 Å². The van der Waals surface area contributed by atoms with Crippen molar-refractivity contribution in [1.82, 2.24) is 4.90 Å². The van der Waals surface area contributed by atoms with Crippen molar-refractivity contribution >= 4 is 5.78 Å². The second-order valence-electron chi connectivity index (χ2n) is 4.18. The maximum Gasteiger partial charge on any atom is 0.177 e. The van der Waals surface area contributed by atoms with E-state index in [9.17, 15) is 4.79 Å². The molecule has 0 aliphatic carbocycles. The summed E-state index contributed by atoms with van der Waals surface area (Å²) in [7, 11) is 6.88. The van der Waals surface area contributed by atoms with Crippen LogP contribution in [-0.2, 0) is 0 Å². The highest BCUT2D eigenvalue weighted by atomic mass is 16.5. The number of rotatable bonds is 5. The molecule has 94 valence electrons. The van der Waals surface area contributed by atoms with Gasteiger partial charge in [0.1, 0.15) is 0 Å². The van der Waals surface area contributed by atoms with E-state index in [1.165, 1.54) is 0 Å². The Labute approximate surface area is 102 Å². The van der Waals surface area contributed by atoms with Crippen molar-refractivity contribution in [2.45, 2.75) is 6.92 Å². The van der Waals surface area contributed by atoms with E-state index in [1.54, 1.807) is 20.3 Å². The van der Waals surface area contributed by atoms with Gasteiger partial charge in [-0.15, -0.1) is 0 Å². The van der Waals surface area contributed by atoms with Crippen molar-refractivity contribution in [1.29, 1.82) is 0 Å². The first-order valence-electron chi connectivity index (χ1n) is 5.40. The van der Waals surface area contributed by atoms with E-state index in [0.717, 1.165) is 5.56 Å². The molecule has 0 unspecified atom stereocenters. The van der Waals surface area contributed by atoms with E-state index in [2.05, 4.69) is 0 Å². The molecule has 0 atom stereocenters. The zero-order valence-corrected chi connectivity index (χ0v) is 11.0. The summed E-state index contributed by atoms with van der Waals surface area (Å²) in [5.41, 5.74) is 1.57. The van der Waals surface area contributed by atoms with Crippen LogP contribution in [0, 0.1) is 6.92 Å². The van der Waals surface area contributed by atoms with Crippen LogP contribution in [0.2, 0.25) is 0 Å². The van der Waals surface area contributed by atoms with Gasteiger partial charge in [0.05, 0.1) is 20.8 Å².